The maximum atomic E-state index is 12.1. The lowest BCUT2D eigenvalue weighted by Crippen LogP contribution is -2.20. The third-order valence-electron chi connectivity index (χ3n) is 4.21. The highest BCUT2D eigenvalue weighted by Gasteiger charge is 2.11. The van der Waals surface area contributed by atoms with Gasteiger partial charge in [0.1, 0.15) is 0 Å². The van der Waals surface area contributed by atoms with E-state index in [9.17, 15) is 19.7 Å². The van der Waals surface area contributed by atoms with Gasteiger partial charge in [-0.05, 0) is 42.0 Å². The van der Waals surface area contributed by atoms with Gasteiger partial charge in [-0.25, -0.2) is 5.43 Å². The number of nitrogens with zero attached hydrogens (tertiary/aromatic N) is 3. The summed E-state index contributed by atoms with van der Waals surface area (Å²) in [5.74, 6) is -0.218. The van der Waals surface area contributed by atoms with Crippen LogP contribution in [0.5, 0.6) is 11.5 Å². The molecule has 11 nitrogen and oxygen atoms in total. The molecule has 11 heteroatoms. The molecule has 168 valence electrons. The molecular formula is C22H19N5O6. The Hall–Kier alpha value is -4.80. The fourth-order valence-electron chi connectivity index (χ4n) is 2.65. The van der Waals surface area contributed by atoms with Gasteiger partial charge in [-0.1, -0.05) is 6.07 Å². The number of amides is 2. The largest absolute Gasteiger partial charge is 0.493 e. The van der Waals surface area contributed by atoms with Gasteiger partial charge in [-0.15, -0.1) is 0 Å². The molecule has 0 fully saturated rings. The summed E-state index contributed by atoms with van der Waals surface area (Å²) >= 11 is 0. The minimum atomic E-state index is -0.549. The molecule has 0 saturated carbocycles. The topological polar surface area (TPSA) is 145 Å². The van der Waals surface area contributed by atoms with Crippen LogP contribution in [0.1, 0.15) is 15.9 Å². The summed E-state index contributed by atoms with van der Waals surface area (Å²) in [6, 6.07) is 13.6. The number of carbonyl (C=O) groups excluding carboxylic acids is 2. The average molecular weight is 449 g/mol. The van der Waals surface area contributed by atoms with Gasteiger partial charge in [0.05, 0.1) is 18.2 Å². The minimum Gasteiger partial charge on any atom is -0.493 e. The van der Waals surface area contributed by atoms with Crippen molar-refractivity contribution in [2.75, 3.05) is 19.0 Å². The van der Waals surface area contributed by atoms with E-state index in [1.165, 1.54) is 50.0 Å². The summed E-state index contributed by atoms with van der Waals surface area (Å²) in [5, 5.41) is 17.3. The van der Waals surface area contributed by atoms with Crippen LogP contribution in [0.4, 0.5) is 11.4 Å². The average Bonchev–Trinajstić information content (AvgIpc) is 2.83. The minimum absolute atomic E-state index is 0.135. The first kappa shape index (κ1) is 22.9. The van der Waals surface area contributed by atoms with Crippen LogP contribution in [0.2, 0.25) is 0 Å². The van der Waals surface area contributed by atoms with Crippen LogP contribution in [0.15, 0.2) is 72.1 Å². The van der Waals surface area contributed by atoms with Crippen LogP contribution >= 0.6 is 0 Å². The van der Waals surface area contributed by atoms with E-state index >= 15 is 0 Å². The predicted octanol–water partition coefficient (Wildman–Crippen LogP) is 2.78. The van der Waals surface area contributed by atoms with E-state index in [4.69, 9.17) is 9.47 Å². The Morgan fingerprint density at radius 2 is 1.91 bits per heavy atom. The van der Waals surface area contributed by atoms with Crippen molar-refractivity contribution >= 4 is 29.4 Å². The Balaban J connectivity index is 1.57. The van der Waals surface area contributed by atoms with Crippen molar-refractivity contribution in [3.8, 4) is 11.5 Å². The van der Waals surface area contributed by atoms with Crippen LogP contribution in [0, 0.1) is 10.1 Å². The van der Waals surface area contributed by atoms with Crippen molar-refractivity contribution in [3.63, 3.8) is 0 Å². The number of anilines is 1. The number of ether oxygens (including phenoxy) is 2. The number of methoxy groups -OCH3 is 1. The summed E-state index contributed by atoms with van der Waals surface area (Å²) in [6.07, 6.45) is 4.44. The van der Waals surface area contributed by atoms with Gasteiger partial charge in [0.15, 0.2) is 18.1 Å². The van der Waals surface area contributed by atoms with E-state index < -0.39 is 10.8 Å². The van der Waals surface area contributed by atoms with Crippen LogP contribution < -0.4 is 20.2 Å². The number of hydrogen-bond acceptors (Lipinski definition) is 8. The van der Waals surface area contributed by atoms with E-state index in [2.05, 4.69) is 20.8 Å². The second-order valence-electron chi connectivity index (χ2n) is 6.49. The number of rotatable bonds is 9. The third-order valence-corrected chi connectivity index (χ3v) is 4.21. The van der Waals surface area contributed by atoms with Crippen LogP contribution in [-0.2, 0) is 4.79 Å². The Kier molecular flexibility index (Phi) is 7.62. The molecule has 1 aromatic heterocycles. The highest BCUT2D eigenvalue weighted by molar-refractivity contribution is 5.94. The SMILES string of the molecule is COc1cc(/C=N/NC(=O)c2ccncc2)ccc1OCC(=O)Nc1cccc([N+](=O)[O-])c1. The molecule has 0 radical (unpaired) electrons. The van der Waals surface area contributed by atoms with E-state index in [-0.39, 0.29) is 23.9 Å². The maximum Gasteiger partial charge on any atom is 0.271 e. The molecule has 2 amide bonds. The van der Waals surface area contributed by atoms with Gasteiger partial charge in [0.25, 0.3) is 17.5 Å². The number of nitrogens with one attached hydrogen (secondary N) is 2. The molecule has 0 saturated heterocycles. The quantitative estimate of drug-likeness (QED) is 0.290. The Morgan fingerprint density at radius 1 is 1.12 bits per heavy atom. The first-order valence-corrected chi connectivity index (χ1v) is 9.55. The zero-order valence-electron chi connectivity index (χ0n) is 17.4. The molecule has 3 rings (SSSR count). The van der Waals surface area contributed by atoms with E-state index in [0.717, 1.165) is 0 Å². The number of non-ortho nitro benzene ring substituents is 1. The summed E-state index contributed by atoms with van der Waals surface area (Å²) < 4.78 is 10.8. The first-order valence-electron chi connectivity index (χ1n) is 9.55. The molecule has 0 bridgehead atoms. The Morgan fingerprint density at radius 3 is 2.64 bits per heavy atom. The Labute approximate surface area is 188 Å². The second kappa shape index (κ2) is 11.0. The zero-order chi connectivity index (χ0) is 23.6. The van der Waals surface area contributed by atoms with E-state index in [1.807, 2.05) is 0 Å². The number of aromatic nitrogens is 1. The molecular weight excluding hydrogens is 430 g/mol. The molecule has 0 unspecified atom stereocenters. The van der Waals surface area contributed by atoms with Crippen LogP contribution in [0.25, 0.3) is 0 Å². The predicted molar refractivity (Wildman–Crippen MR) is 120 cm³/mol. The van der Waals surface area contributed by atoms with Crippen molar-refractivity contribution in [2.45, 2.75) is 0 Å². The van der Waals surface area contributed by atoms with Gasteiger partial charge >= 0.3 is 0 Å². The highest BCUT2D eigenvalue weighted by Crippen LogP contribution is 2.27. The van der Waals surface area contributed by atoms with Crippen LogP contribution in [0.3, 0.4) is 0 Å². The normalized spacial score (nSPS) is 10.5. The van der Waals surface area contributed by atoms with Gasteiger partial charge in [0, 0.05) is 35.8 Å². The number of hydrazone groups is 1. The second-order valence-corrected chi connectivity index (χ2v) is 6.49. The lowest BCUT2D eigenvalue weighted by molar-refractivity contribution is -0.384. The molecule has 0 aliphatic rings. The number of pyridine rings is 1. The van der Waals surface area contributed by atoms with Gasteiger partial charge < -0.3 is 14.8 Å². The molecule has 3 aromatic rings. The van der Waals surface area contributed by atoms with E-state index in [0.29, 0.717) is 22.6 Å². The van der Waals surface area contributed by atoms with Crippen LogP contribution in [-0.4, -0.2) is 41.7 Å². The first-order chi connectivity index (χ1) is 16.0. The number of benzene rings is 2. The fraction of sp³-hybridized carbons (Fsp3) is 0.0909. The Bertz CT molecular complexity index is 1180. The van der Waals surface area contributed by atoms with Gasteiger partial charge in [-0.2, -0.15) is 5.10 Å². The lowest BCUT2D eigenvalue weighted by atomic mass is 10.2. The van der Waals surface area contributed by atoms with Gasteiger partial charge in [0.2, 0.25) is 0 Å². The summed E-state index contributed by atoms with van der Waals surface area (Å²) in [6.45, 7) is -0.339. The molecule has 0 spiro atoms. The van der Waals surface area contributed by atoms with Gasteiger partial charge in [-0.3, -0.25) is 24.7 Å². The van der Waals surface area contributed by atoms with Crippen molar-refractivity contribution in [1.29, 1.82) is 0 Å². The summed E-state index contributed by atoms with van der Waals surface area (Å²) in [5.41, 5.74) is 3.60. The number of carbonyl (C=O) groups is 2. The summed E-state index contributed by atoms with van der Waals surface area (Å²) in [7, 11) is 1.44. The molecule has 0 aliphatic carbocycles. The van der Waals surface area contributed by atoms with Crippen molar-refractivity contribution in [1.82, 2.24) is 10.4 Å². The molecule has 33 heavy (non-hydrogen) atoms. The molecule has 0 aliphatic heterocycles. The molecule has 2 N–H and O–H groups in total. The summed E-state index contributed by atoms with van der Waals surface area (Å²) in [4.78, 5) is 38.2. The highest BCUT2D eigenvalue weighted by atomic mass is 16.6. The number of nitro groups is 1. The van der Waals surface area contributed by atoms with E-state index in [1.54, 1.807) is 30.3 Å². The van der Waals surface area contributed by atoms with Crippen molar-refractivity contribution in [3.05, 3.63) is 88.2 Å². The third kappa shape index (κ3) is 6.59. The lowest BCUT2D eigenvalue weighted by Gasteiger charge is -2.11. The zero-order valence-corrected chi connectivity index (χ0v) is 17.4. The monoisotopic (exact) mass is 449 g/mol. The standard InChI is InChI=1S/C22H19N5O6/c1-32-20-11-15(13-24-26-22(29)16-7-9-23-10-8-16)5-6-19(20)33-14-21(28)25-17-3-2-4-18(12-17)27(30)31/h2-13H,14H2,1H3,(H,25,28)(H,26,29)/b24-13+. The fourth-order valence-corrected chi connectivity index (χ4v) is 2.65. The molecule has 1 heterocycles. The number of hydrogen-bond donors (Lipinski definition) is 2. The van der Waals surface area contributed by atoms with Crippen molar-refractivity contribution in [2.24, 2.45) is 5.10 Å². The molecule has 0 atom stereocenters. The maximum absolute atomic E-state index is 12.1. The smallest absolute Gasteiger partial charge is 0.271 e. The molecule has 2 aromatic carbocycles. The van der Waals surface area contributed by atoms with Crippen molar-refractivity contribution < 1.29 is 24.0 Å². The number of nitro benzene ring substituents is 1.